The molecule has 0 aliphatic rings. The average molecular weight is 337 g/mol. The molecule has 1 N–H and O–H groups in total. The molecule has 0 bridgehead atoms. The van der Waals surface area contributed by atoms with Crippen LogP contribution in [0.4, 0.5) is 17.3 Å². The molecule has 8 heteroatoms. The summed E-state index contributed by atoms with van der Waals surface area (Å²) in [6, 6.07) is 12.5. The topological polar surface area (TPSA) is 103 Å². The second-order valence-electron chi connectivity index (χ2n) is 5.07. The van der Waals surface area contributed by atoms with Crippen molar-refractivity contribution in [2.45, 2.75) is 13.3 Å². The summed E-state index contributed by atoms with van der Waals surface area (Å²) in [5.74, 6) is 0.770. The highest BCUT2D eigenvalue weighted by atomic mass is 16.6. The minimum Gasteiger partial charge on any atom is -0.434 e. The van der Waals surface area contributed by atoms with Crippen molar-refractivity contribution in [1.82, 2.24) is 15.0 Å². The molecule has 126 valence electrons. The predicted molar refractivity (Wildman–Crippen MR) is 92.1 cm³/mol. The number of nitrogens with one attached hydrogen (secondary N) is 1. The first-order valence-electron chi connectivity index (χ1n) is 7.61. The van der Waals surface area contributed by atoms with Gasteiger partial charge in [-0.15, -0.1) is 0 Å². The molecule has 0 unspecified atom stereocenters. The van der Waals surface area contributed by atoms with Gasteiger partial charge in [0.1, 0.15) is 17.9 Å². The molecule has 0 amide bonds. The first-order chi connectivity index (χ1) is 12.2. The van der Waals surface area contributed by atoms with E-state index < -0.39 is 4.92 Å². The Balaban J connectivity index is 1.93. The zero-order chi connectivity index (χ0) is 17.6. The summed E-state index contributed by atoms with van der Waals surface area (Å²) in [6.07, 6.45) is 3.67. The van der Waals surface area contributed by atoms with Crippen molar-refractivity contribution in [1.29, 1.82) is 0 Å². The average Bonchev–Trinajstić information content (AvgIpc) is 2.63. The van der Waals surface area contributed by atoms with E-state index in [1.807, 2.05) is 19.1 Å². The van der Waals surface area contributed by atoms with Gasteiger partial charge >= 0.3 is 11.6 Å². The molecule has 0 saturated heterocycles. The molecule has 2 aromatic heterocycles. The van der Waals surface area contributed by atoms with Crippen molar-refractivity contribution in [3.63, 3.8) is 0 Å². The minimum atomic E-state index is -0.582. The number of pyridine rings is 1. The maximum Gasteiger partial charge on any atom is 0.373 e. The molecule has 3 rings (SSSR count). The molecule has 8 nitrogen and oxygen atoms in total. The number of benzene rings is 1. The highest BCUT2D eigenvalue weighted by Gasteiger charge is 2.25. The quantitative estimate of drug-likeness (QED) is 0.537. The van der Waals surface area contributed by atoms with Crippen LogP contribution in [0.3, 0.4) is 0 Å². The molecular formula is C17H15N5O3. The Labute approximate surface area is 143 Å². The van der Waals surface area contributed by atoms with E-state index in [2.05, 4.69) is 20.3 Å². The Kier molecular flexibility index (Phi) is 4.79. The molecule has 25 heavy (non-hydrogen) atoms. The Morgan fingerprint density at radius 2 is 1.92 bits per heavy atom. The van der Waals surface area contributed by atoms with Gasteiger partial charge in [-0.2, -0.15) is 4.98 Å². The highest BCUT2D eigenvalue weighted by molar-refractivity contribution is 5.67. The second kappa shape index (κ2) is 7.35. The van der Waals surface area contributed by atoms with E-state index in [-0.39, 0.29) is 17.4 Å². The van der Waals surface area contributed by atoms with Crippen LogP contribution in [-0.4, -0.2) is 19.9 Å². The number of aryl methyl sites for hydroxylation is 1. The fraction of sp³-hybridized carbons (Fsp3) is 0.118. The van der Waals surface area contributed by atoms with Gasteiger partial charge in [-0.3, -0.25) is 10.1 Å². The molecule has 0 fully saturated rings. The smallest absolute Gasteiger partial charge is 0.373 e. The molecule has 0 spiro atoms. The number of nitro groups is 1. The van der Waals surface area contributed by atoms with Crippen molar-refractivity contribution in [2.24, 2.45) is 0 Å². The third-order valence-electron chi connectivity index (χ3n) is 3.43. The van der Waals surface area contributed by atoms with Gasteiger partial charge in [0.05, 0.1) is 4.92 Å². The standard InChI is InChI=1S/C17H15N5O3/c1-2-12-6-8-13(9-7-12)25-17-15(22(23)24)16(19-11-20-17)21-14-5-3-4-10-18-14/h3-11H,2H2,1H3,(H,18,19,20,21). The number of hydrogen-bond acceptors (Lipinski definition) is 7. The van der Waals surface area contributed by atoms with Gasteiger partial charge in [0.25, 0.3) is 0 Å². The van der Waals surface area contributed by atoms with Gasteiger partial charge in [-0.05, 0) is 36.2 Å². The lowest BCUT2D eigenvalue weighted by Crippen LogP contribution is -2.04. The lowest BCUT2D eigenvalue weighted by molar-refractivity contribution is -0.385. The molecule has 0 saturated carbocycles. The summed E-state index contributed by atoms with van der Waals surface area (Å²) >= 11 is 0. The van der Waals surface area contributed by atoms with Crippen LogP contribution in [0.1, 0.15) is 12.5 Å². The van der Waals surface area contributed by atoms with E-state index in [0.717, 1.165) is 12.0 Å². The number of aromatic nitrogens is 3. The van der Waals surface area contributed by atoms with Gasteiger partial charge in [0, 0.05) is 6.20 Å². The summed E-state index contributed by atoms with van der Waals surface area (Å²) in [5.41, 5.74) is 0.787. The number of anilines is 2. The zero-order valence-corrected chi connectivity index (χ0v) is 13.4. The monoisotopic (exact) mass is 337 g/mol. The Morgan fingerprint density at radius 1 is 1.12 bits per heavy atom. The first kappa shape index (κ1) is 16.3. The van der Waals surface area contributed by atoms with E-state index >= 15 is 0 Å². The van der Waals surface area contributed by atoms with E-state index in [0.29, 0.717) is 11.6 Å². The fourth-order valence-electron chi connectivity index (χ4n) is 2.16. The van der Waals surface area contributed by atoms with Crippen LogP contribution >= 0.6 is 0 Å². The summed E-state index contributed by atoms with van der Waals surface area (Å²) in [5, 5.41) is 14.3. The van der Waals surface area contributed by atoms with Gasteiger partial charge in [-0.25, -0.2) is 9.97 Å². The molecule has 0 radical (unpaired) electrons. The molecule has 2 heterocycles. The van der Waals surface area contributed by atoms with E-state index in [1.54, 1.807) is 36.5 Å². The Hall–Kier alpha value is -3.55. The minimum absolute atomic E-state index is 0.0129. The largest absolute Gasteiger partial charge is 0.434 e. The summed E-state index contributed by atoms with van der Waals surface area (Å²) < 4.78 is 5.60. The maximum absolute atomic E-state index is 11.5. The molecule has 0 aliphatic carbocycles. The number of hydrogen-bond donors (Lipinski definition) is 1. The van der Waals surface area contributed by atoms with Crippen LogP contribution in [0.25, 0.3) is 0 Å². The summed E-state index contributed by atoms with van der Waals surface area (Å²) in [7, 11) is 0. The second-order valence-corrected chi connectivity index (χ2v) is 5.07. The normalized spacial score (nSPS) is 10.3. The van der Waals surface area contributed by atoms with Crippen molar-refractivity contribution < 1.29 is 9.66 Å². The van der Waals surface area contributed by atoms with E-state index in [9.17, 15) is 10.1 Å². The van der Waals surface area contributed by atoms with Crippen molar-refractivity contribution in [3.8, 4) is 11.6 Å². The summed E-state index contributed by atoms with van der Waals surface area (Å²) in [4.78, 5) is 22.8. The van der Waals surface area contributed by atoms with Gasteiger partial charge in [0.15, 0.2) is 0 Å². The lowest BCUT2D eigenvalue weighted by atomic mass is 10.2. The molecule has 0 atom stereocenters. The van der Waals surface area contributed by atoms with Crippen LogP contribution in [0.2, 0.25) is 0 Å². The fourth-order valence-corrected chi connectivity index (χ4v) is 2.16. The first-order valence-corrected chi connectivity index (χ1v) is 7.61. The van der Waals surface area contributed by atoms with Gasteiger partial charge in [-0.1, -0.05) is 25.1 Å². The zero-order valence-electron chi connectivity index (χ0n) is 13.4. The van der Waals surface area contributed by atoms with Crippen LogP contribution in [0.5, 0.6) is 11.6 Å². The maximum atomic E-state index is 11.5. The van der Waals surface area contributed by atoms with Crippen LogP contribution < -0.4 is 10.1 Å². The van der Waals surface area contributed by atoms with Crippen molar-refractivity contribution in [3.05, 3.63) is 70.7 Å². The van der Waals surface area contributed by atoms with Crippen molar-refractivity contribution in [2.75, 3.05) is 5.32 Å². The lowest BCUT2D eigenvalue weighted by Gasteiger charge is -2.09. The third-order valence-corrected chi connectivity index (χ3v) is 3.43. The SMILES string of the molecule is CCc1ccc(Oc2ncnc(Nc3ccccn3)c2[N+](=O)[O-])cc1. The molecule has 3 aromatic rings. The van der Waals surface area contributed by atoms with E-state index in [1.165, 1.54) is 6.33 Å². The predicted octanol–water partition coefficient (Wildman–Crippen LogP) is 3.88. The molecular weight excluding hydrogens is 322 g/mol. The Morgan fingerprint density at radius 3 is 2.56 bits per heavy atom. The van der Waals surface area contributed by atoms with Gasteiger partial charge < -0.3 is 10.1 Å². The van der Waals surface area contributed by atoms with Crippen LogP contribution in [-0.2, 0) is 6.42 Å². The number of rotatable bonds is 6. The molecule has 0 aliphatic heterocycles. The van der Waals surface area contributed by atoms with E-state index in [4.69, 9.17) is 4.74 Å². The van der Waals surface area contributed by atoms with Gasteiger partial charge in [0.2, 0.25) is 5.82 Å². The number of nitrogens with zero attached hydrogens (tertiary/aromatic N) is 4. The van der Waals surface area contributed by atoms with Crippen molar-refractivity contribution >= 4 is 17.3 Å². The third kappa shape index (κ3) is 3.86. The van der Waals surface area contributed by atoms with Crippen LogP contribution in [0, 0.1) is 10.1 Å². The highest BCUT2D eigenvalue weighted by Crippen LogP contribution is 2.35. The Bertz CT molecular complexity index is 869. The summed E-state index contributed by atoms with van der Waals surface area (Å²) in [6.45, 7) is 2.04. The van der Waals surface area contributed by atoms with Crippen LogP contribution in [0.15, 0.2) is 55.0 Å². The number of ether oxygens (including phenoxy) is 1. The molecule has 1 aromatic carbocycles.